The molecule has 5 rings (SSSR count). The van der Waals surface area contributed by atoms with E-state index in [1.54, 1.807) is 0 Å². The number of hydrogen-bond donors (Lipinski definition) is 5. The minimum absolute atomic E-state index is 0.0840. The third-order valence-corrected chi connectivity index (χ3v) is 9.56. The average Bonchev–Trinajstić information content (AvgIpc) is 3.47. The Morgan fingerprint density at radius 2 is 1.78 bits per heavy atom. The van der Waals surface area contributed by atoms with Gasteiger partial charge in [0.05, 0.1) is 18.5 Å². The highest BCUT2D eigenvalue weighted by Gasteiger charge is 2.46. The SMILES string of the molecule is O=P(O)(O)CP(=O)(O)OC[C@H]1O[C@@H](c2cnc3c(N4Cc5ccccc5C4)nc(Cl)nn23)[C@H](O)[C@@H]1O. The molecule has 1 aromatic carbocycles. The van der Waals surface area contributed by atoms with Crippen molar-refractivity contribution in [3.05, 3.63) is 52.6 Å². The Morgan fingerprint density at radius 1 is 1.11 bits per heavy atom. The Balaban J connectivity index is 1.38. The summed E-state index contributed by atoms with van der Waals surface area (Å²) in [4.78, 5) is 38.2. The molecule has 17 heteroatoms. The number of halogens is 1. The molecule has 194 valence electrons. The lowest BCUT2D eigenvalue weighted by atomic mass is 10.1. The maximum Gasteiger partial charge on any atom is 0.340 e. The summed E-state index contributed by atoms with van der Waals surface area (Å²) in [6.07, 6.45) is -4.09. The fourth-order valence-electron chi connectivity index (χ4n) is 4.34. The monoisotopic (exact) mass is 561 g/mol. The summed E-state index contributed by atoms with van der Waals surface area (Å²) in [5.74, 6) is -0.926. The zero-order valence-electron chi connectivity index (χ0n) is 18.4. The molecule has 1 saturated heterocycles. The summed E-state index contributed by atoms with van der Waals surface area (Å²) in [5.41, 5.74) is 2.85. The van der Waals surface area contributed by atoms with Gasteiger partial charge in [-0.3, -0.25) is 9.13 Å². The number of aliphatic hydroxyl groups excluding tert-OH is 2. The number of ether oxygens (including phenoxy) is 1. The van der Waals surface area contributed by atoms with Gasteiger partial charge in [-0.2, -0.15) is 4.98 Å². The van der Waals surface area contributed by atoms with Crippen LogP contribution in [-0.2, 0) is 31.5 Å². The first-order valence-corrected chi connectivity index (χ1v) is 14.6. The summed E-state index contributed by atoms with van der Waals surface area (Å²) in [6, 6.07) is 7.93. The first-order chi connectivity index (χ1) is 16.9. The second kappa shape index (κ2) is 9.41. The van der Waals surface area contributed by atoms with Crippen molar-refractivity contribution in [3.8, 4) is 0 Å². The molecule has 2 aliphatic heterocycles. The molecule has 0 aliphatic carbocycles. The van der Waals surface area contributed by atoms with Gasteiger partial charge in [0, 0.05) is 13.1 Å². The third kappa shape index (κ3) is 5.07. The Morgan fingerprint density at radius 3 is 2.42 bits per heavy atom. The van der Waals surface area contributed by atoms with Gasteiger partial charge in [0.1, 0.15) is 24.4 Å². The molecule has 0 saturated carbocycles. The van der Waals surface area contributed by atoms with Crippen LogP contribution in [0.4, 0.5) is 5.82 Å². The molecule has 5 N–H and O–H groups in total. The van der Waals surface area contributed by atoms with Crippen molar-refractivity contribution >= 4 is 38.3 Å². The number of rotatable bonds is 7. The van der Waals surface area contributed by atoms with Crippen LogP contribution in [0.2, 0.25) is 5.28 Å². The second-order valence-electron chi connectivity index (χ2n) is 8.56. The van der Waals surface area contributed by atoms with Crippen molar-refractivity contribution in [1.82, 2.24) is 19.6 Å². The first-order valence-electron chi connectivity index (χ1n) is 10.7. The normalized spacial score (nSPS) is 25.9. The molecule has 1 unspecified atom stereocenters. The summed E-state index contributed by atoms with van der Waals surface area (Å²) >= 11 is 6.20. The molecule has 0 bridgehead atoms. The molecule has 36 heavy (non-hydrogen) atoms. The van der Waals surface area contributed by atoms with E-state index in [0.29, 0.717) is 24.6 Å². The number of fused-ring (bicyclic) bond motifs is 2. The molecule has 14 nitrogen and oxygen atoms in total. The lowest BCUT2D eigenvalue weighted by molar-refractivity contribution is -0.0204. The molecule has 4 heterocycles. The zero-order chi connectivity index (χ0) is 25.8. The lowest BCUT2D eigenvalue weighted by Crippen LogP contribution is -2.33. The average molecular weight is 562 g/mol. The molecule has 0 radical (unpaired) electrons. The van der Waals surface area contributed by atoms with Crippen LogP contribution in [0.25, 0.3) is 5.65 Å². The molecular weight excluding hydrogens is 540 g/mol. The molecule has 2 aliphatic rings. The van der Waals surface area contributed by atoms with Gasteiger partial charge in [0.25, 0.3) is 0 Å². The topological polar surface area (TPSA) is 200 Å². The van der Waals surface area contributed by atoms with Crippen LogP contribution < -0.4 is 4.90 Å². The van der Waals surface area contributed by atoms with Crippen molar-refractivity contribution in [2.75, 3.05) is 17.4 Å². The van der Waals surface area contributed by atoms with Gasteiger partial charge in [0.15, 0.2) is 17.4 Å². The zero-order valence-corrected chi connectivity index (χ0v) is 20.9. The molecule has 0 amide bonds. The van der Waals surface area contributed by atoms with Crippen LogP contribution in [-0.4, -0.2) is 75.3 Å². The van der Waals surface area contributed by atoms with Gasteiger partial charge in [-0.1, -0.05) is 24.3 Å². The minimum Gasteiger partial charge on any atom is -0.387 e. The summed E-state index contributed by atoms with van der Waals surface area (Å²) in [5, 5.41) is 25.2. The smallest absolute Gasteiger partial charge is 0.340 e. The van der Waals surface area contributed by atoms with Crippen LogP contribution in [0, 0.1) is 0 Å². The Kier molecular flexibility index (Phi) is 6.71. The lowest BCUT2D eigenvalue weighted by Gasteiger charge is -2.18. The largest absolute Gasteiger partial charge is 0.387 e. The van der Waals surface area contributed by atoms with Crippen molar-refractivity contribution in [2.24, 2.45) is 0 Å². The number of imidazole rings is 1. The van der Waals surface area contributed by atoms with Crippen LogP contribution in [0.3, 0.4) is 0 Å². The molecule has 0 spiro atoms. The van der Waals surface area contributed by atoms with E-state index in [1.165, 1.54) is 10.7 Å². The van der Waals surface area contributed by atoms with Gasteiger partial charge in [-0.15, -0.1) is 5.10 Å². The van der Waals surface area contributed by atoms with E-state index in [-0.39, 0.29) is 11.0 Å². The maximum absolute atomic E-state index is 11.9. The predicted molar refractivity (Wildman–Crippen MR) is 124 cm³/mol. The van der Waals surface area contributed by atoms with Gasteiger partial charge in [-0.25, -0.2) is 9.50 Å². The van der Waals surface area contributed by atoms with Gasteiger partial charge in [-0.05, 0) is 22.7 Å². The number of nitrogens with zero attached hydrogens (tertiary/aromatic N) is 5. The van der Waals surface area contributed by atoms with E-state index < -0.39 is 52.1 Å². The highest BCUT2D eigenvalue weighted by atomic mass is 35.5. The van der Waals surface area contributed by atoms with Gasteiger partial charge >= 0.3 is 15.2 Å². The molecular formula is C19H22ClN5O9P2. The summed E-state index contributed by atoms with van der Waals surface area (Å²) in [6.45, 7) is 0.460. The van der Waals surface area contributed by atoms with E-state index in [4.69, 9.17) is 30.6 Å². The molecule has 2 aromatic heterocycles. The highest BCUT2D eigenvalue weighted by Crippen LogP contribution is 2.55. The van der Waals surface area contributed by atoms with E-state index in [2.05, 4.69) is 15.1 Å². The Labute approximate surface area is 208 Å². The first kappa shape index (κ1) is 25.7. The van der Waals surface area contributed by atoms with Crippen molar-refractivity contribution < 1.29 is 43.3 Å². The molecule has 1 fully saturated rings. The summed E-state index contributed by atoms with van der Waals surface area (Å²) in [7, 11) is -9.50. The van der Waals surface area contributed by atoms with Crippen LogP contribution in [0.1, 0.15) is 22.9 Å². The maximum atomic E-state index is 11.9. The number of aromatic nitrogens is 4. The van der Waals surface area contributed by atoms with Crippen LogP contribution >= 0.6 is 26.8 Å². The predicted octanol–water partition coefficient (Wildman–Crippen LogP) is 0.797. The summed E-state index contributed by atoms with van der Waals surface area (Å²) < 4.78 is 34.7. The molecule has 3 aromatic rings. The Bertz CT molecular complexity index is 1380. The van der Waals surface area contributed by atoms with Crippen LogP contribution in [0.15, 0.2) is 30.5 Å². The van der Waals surface area contributed by atoms with Gasteiger partial charge < -0.3 is 39.1 Å². The van der Waals surface area contributed by atoms with Crippen LogP contribution in [0.5, 0.6) is 0 Å². The number of aliphatic hydroxyl groups is 2. The Hall–Kier alpha value is -1.96. The minimum atomic E-state index is -4.83. The van der Waals surface area contributed by atoms with E-state index >= 15 is 0 Å². The van der Waals surface area contributed by atoms with Crippen molar-refractivity contribution in [1.29, 1.82) is 0 Å². The highest BCUT2D eigenvalue weighted by molar-refractivity contribution is 7.70. The third-order valence-electron chi connectivity index (χ3n) is 5.94. The van der Waals surface area contributed by atoms with Crippen molar-refractivity contribution in [2.45, 2.75) is 37.5 Å². The van der Waals surface area contributed by atoms with E-state index in [0.717, 1.165) is 11.1 Å². The molecule has 5 atom stereocenters. The van der Waals surface area contributed by atoms with Gasteiger partial charge in [0.2, 0.25) is 5.28 Å². The van der Waals surface area contributed by atoms with Crippen molar-refractivity contribution in [3.63, 3.8) is 0 Å². The standard InChI is InChI=1S/C19H22ClN5O9P2/c20-19-22-18(24-6-10-3-1-2-4-11(10)7-24)17-21-5-12(25(17)23-19)16-15(27)14(26)13(34-16)8-33-36(31,32)9-35(28,29)30/h1-5,13-16,26-27H,6-9H2,(H,31,32)(H2,28,29,30)/t13-,14-,15-,16+/m1/s1. The second-order valence-corrected chi connectivity index (χ2v) is 12.9. The quantitative estimate of drug-likeness (QED) is 0.254. The number of benzene rings is 1. The number of hydrogen-bond acceptors (Lipinski definition) is 10. The fourth-order valence-corrected chi connectivity index (χ4v) is 7.07. The fraction of sp³-hybridized carbons (Fsp3) is 0.421. The van der Waals surface area contributed by atoms with E-state index in [1.807, 2.05) is 29.2 Å². The number of anilines is 1. The van der Waals surface area contributed by atoms with E-state index in [9.17, 15) is 24.2 Å².